The molecule has 1 aromatic heterocycles. The molecule has 1 unspecified atom stereocenters. The van der Waals surface area contributed by atoms with Crippen LogP contribution < -0.4 is 11.3 Å². The second-order valence-electron chi connectivity index (χ2n) is 4.87. The van der Waals surface area contributed by atoms with Crippen LogP contribution in [-0.2, 0) is 11.2 Å². The van der Waals surface area contributed by atoms with Gasteiger partial charge in [-0.1, -0.05) is 36.4 Å². The van der Waals surface area contributed by atoms with Gasteiger partial charge in [0.05, 0.1) is 0 Å². The molecule has 0 aliphatic rings. The van der Waals surface area contributed by atoms with Crippen molar-refractivity contribution < 1.29 is 4.79 Å². The molecule has 5 nitrogen and oxygen atoms in total. The maximum atomic E-state index is 12.1. The lowest BCUT2D eigenvalue weighted by atomic mass is 10.0. The number of benzene rings is 1. The summed E-state index contributed by atoms with van der Waals surface area (Å²) >= 11 is 0. The van der Waals surface area contributed by atoms with Gasteiger partial charge in [-0.25, -0.2) is 5.84 Å². The van der Waals surface area contributed by atoms with Crippen molar-refractivity contribution in [2.24, 2.45) is 5.84 Å². The van der Waals surface area contributed by atoms with E-state index < -0.39 is 6.04 Å². The number of aromatic nitrogens is 1. The summed E-state index contributed by atoms with van der Waals surface area (Å²) in [5, 5.41) is 0. The van der Waals surface area contributed by atoms with Crippen molar-refractivity contribution in [2.45, 2.75) is 12.5 Å². The number of hydrogen-bond donors (Lipinski definition) is 2. The molecule has 21 heavy (non-hydrogen) atoms. The van der Waals surface area contributed by atoms with Gasteiger partial charge in [0.2, 0.25) is 0 Å². The summed E-state index contributed by atoms with van der Waals surface area (Å²) in [5.41, 5.74) is 4.17. The highest BCUT2D eigenvalue weighted by Gasteiger charge is 2.24. The number of hydrogen-bond acceptors (Lipinski definition) is 4. The van der Waals surface area contributed by atoms with E-state index in [1.807, 2.05) is 60.5 Å². The largest absolute Gasteiger partial charge is 0.293 e. The average Bonchev–Trinajstić information content (AvgIpc) is 2.55. The van der Waals surface area contributed by atoms with Crippen LogP contribution in [0, 0.1) is 0 Å². The fourth-order valence-electron chi connectivity index (χ4n) is 2.29. The van der Waals surface area contributed by atoms with Gasteiger partial charge >= 0.3 is 0 Å². The van der Waals surface area contributed by atoms with Crippen molar-refractivity contribution in [2.75, 3.05) is 13.6 Å². The molecule has 0 aliphatic carbocycles. The predicted molar refractivity (Wildman–Crippen MR) is 82.1 cm³/mol. The van der Waals surface area contributed by atoms with Crippen molar-refractivity contribution in [3.63, 3.8) is 0 Å². The molecule has 2 rings (SSSR count). The molecule has 1 amide bonds. The predicted octanol–water partition coefficient (Wildman–Crippen LogP) is 1.29. The van der Waals surface area contributed by atoms with Crippen LogP contribution >= 0.6 is 0 Å². The van der Waals surface area contributed by atoms with E-state index in [-0.39, 0.29) is 5.91 Å². The van der Waals surface area contributed by atoms with E-state index in [0.29, 0.717) is 6.54 Å². The third-order valence-corrected chi connectivity index (χ3v) is 3.39. The second kappa shape index (κ2) is 7.52. The Morgan fingerprint density at radius 1 is 1.24 bits per heavy atom. The molecule has 0 spiro atoms. The average molecular weight is 284 g/mol. The van der Waals surface area contributed by atoms with Crippen molar-refractivity contribution >= 4 is 5.91 Å². The first kappa shape index (κ1) is 15.2. The molecular weight excluding hydrogens is 264 g/mol. The van der Waals surface area contributed by atoms with Crippen molar-refractivity contribution in [3.8, 4) is 0 Å². The number of nitrogens with two attached hydrogens (primary N) is 1. The molecule has 1 aromatic carbocycles. The first-order valence-corrected chi connectivity index (χ1v) is 6.88. The Balaban J connectivity index is 2.08. The number of nitrogens with zero attached hydrogens (tertiary/aromatic N) is 2. The lowest BCUT2D eigenvalue weighted by molar-refractivity contribution is -0.126. The highest BCUT2D eigenvalue weighted by molar-refractivity contribution is 5.82. The summed E-state index contributed by atoms with van der Waals surface area (Å²) in [7, 11) is 1.91. The molecule has 0 aliphatic heterocycles. The van der Waals surface area contributed by atoms with Gasteiger partial charge in [-0.15, -0.1) is 0 Å². The lowest BCUT2D eigenvalue weighted by Crippen LogP contribution is -2.42. The van der Waals surface area contributed by atoms with E-state index >= 15 is 0 Å². The third-order valence-electron chi connectivity index (χ3n) is 3.39. The maximum absolute atomic E-state index is 12.1. The number of nitrogens with one attached hydrogen (secondary N) is 1. The normalized spacial score (nSPS) is 12.1. The summed E-state index contributed by atoms with van der Waals surface area (Å²) < 4.78 is 0. The monoisotopic (exact) mass is 284 g/mol. The number of amides is 1. The van der Waals surface area contributed by atoms with Crippen LogP contribution in [0.25, 0.3) is 0 Å². The van der Waals surface area contributed by atoms with E-state index in [2.05, 4.69) is 10.4 Å². The van der Waals surface area contributed by atoms with Gasteiger partial charge in [-0.05, 0) is 24.7 Å². The first-order chi connectivity index (χ1) is 10.2. The Morgan fingerprint density at radius 3 is 2.57 bits per heavy atom. The minimum absolute atomic E-state index is 0.218. The topological polar surface area (TPSA) is 71.2 Å². The quantitative estimate of drug-likeness (QED) is 0.476. The van der Waals surface area contributed by atoms with Gasteiger partial charge < -0.3 is 0 Å². The summed E-state index contributed by atoms with van der Waals surface area (Å²) in [5.74, 6) is 5.10. The second-order valence-corrected chi connectivity index (χ2v) is 4.87. The number of likely N-dealkylation sites (N-methyl/N-ethyl adjacent to an activating group) is 1. The molecule has 0 saturated carbocycles. The summed E-state index contributed by atoms with van der Waals surface area (Å²) in [6, 6.07) is 15.0. The third kappa shape index (κ3) is 4.11. The van der Waals surface area contributed by atoms with Crippen LogP contribution in [0.1, 0.15) is 17.3 Å². The van der Waals surface area contributed by atoms with Crippen LogP contribution in [0.2, 0.25) is 0 Å². The molecule has 3 N–H and O–H groups in total. The van der Waals surface area contributed by atoms with Crippen LogP contribution in [0.5, 0.6) is 0 Å². The molecule has 0 saturated heterocycles. The van der Waals surface area contributed by atoms with Gasteiger partial charge in [-0.3, -0.25) is 20.1 Å². The number of hydrazine groups is 1. The number of carbonyl (C=O) groups is 1. The summed E-state index contributed by atoms with van der Waals surface area (Å²) in [4.78, 5) is 18.3. The molecule has 0 radical (unpaired) electrons. The molecule has 2 aromatic rings. The van der Waals surface area contributed by atoms with Crippen LogP contribution in [0.15, 0.2) is 54.7 Å². The van der Waals surface area contributed by atoms with E-state index in [1.165, 1.54) is 0 Å². The Morgan fingerprint density at radius 2 is 1.95 bits per heavy atom. The van der Waals surface area contributed by atoms with Crippen LogP contribution in [-0.4, -0.2) is 29.4 Å². The Hall–Kier alpha value is -2.24. The zero-order chi connectivity index (χ0) is 15.1. The van der Waals surface area contributed by atoms with Crippen molar-refractivity contribution in [1.29, 1.82) is 0 Å². The highest BCUT2D eigenvalue weighted by atomic mass is 16.2. The van der Waals surface area contributed by atoms with Gasteiger partial charge in [0.25, 0.3) is 5.91 Å². The lowest BCUT2D eigenvalue weighted by Gasteiger charge is -2.26. The van der Waals surface area contributed by atoms with Gasteiger partial charge in [-0.2, -0.15) is 0 Å². The SMILES string of the molecule is CN(CCc1ccccn1)C(C(=O)NN)c1ccccc1. The minimum Gasteiger partial charge on any atom is -0.293 e. The summed E-state index contributed by atoms with van der Waals surface area (Å²) in [6.45, 7) is 0.712. The fraction of sp³-hybridized carbons (Fsp3) is 0.250. The van der Waals surface area contributed by atoms with E-state index in [1.54, 1.807) is 6.20 Å². The Labute approximate surface area is 124 Å². The van der Waals surface area contributed by atoms with Gasteiger partial charge in [0.15, 0.2) is 0 Å². The van der Waals surface area contributed by atoms with E-state index in [0.717, 1.165) is 17.7 Å². The molecular formula is C16H20N4O. The van der Waals surface area contributed by atoms with Crippen molar-refractivity contribution in [1.82, 2.24) is 15.3 Å². The van der Waals surface area contributed by atoms with Crippen LogP contribution in [0.3, 0.4) is 0 Å². The smallest absolute Gasteiger partial charge is 0.255 e. The molecule has 5 heteroatoms. The molecule has 1 heterocycles. The molecule has 0 bridgehead atoms. The Bertz CT molecular complexity index is 559. The van der Waals surface area contributed by atoms with Crippen molar-refractivity contribution in [3.05, 3.63) is 66.0 Å². The minimum atomic E-state index is -0.403. The summed E-state index contributed by atoms with van der Waals surface area (Å²) in [6.07, 6.45) is 2.55. The molecule has 110 valence electrons. The van der Waals surface area contributed by atoms with Crippen LogP contribution in [0.4, 0.5) is 0 Å². The standard InChI is InChI=1S/C16H20N4O/c1-20(12-10-14-9-5-6-11-18-14)15(16(21)19-17)13-7-3-2-4-8-13/h2-9,11,15H,10,12,17H2,1H3,(H,19,21). The van der Waals surface area contributed by atoms with Gasteiger partial charge in [0, 0.05) is 24.9 Å². The highest BCUT2D eigenvalue weighted by Crippen LogP contribution is 2.19. The van der Waals surface area contributed by atoms with Gasteiger partial charge in [0.1, 0.15) is 6.04 Å². The zero-order valence-electron chi connectivity index (χ0n) is 12.1. The Kier molecular flexibility index (Phi) is 5.43. The molecule has 1 atom stereocenters. The molecule has 0 fully saturated rings. The number of carbonyl (C=O) groups excluding carboxylic acids is 1. The van der Waals surface area contributed by atoms with E-state index in [4.69, 9.17) is 5.84 Å². The fourth-order valence-corrected chi connectivity index (χ4v) is 2.29. The zero-order valence-corrected chi connectivity index (χ0v) is 12.1. The maximum Gasteiger partial charge on any atom is 0.255 e. The number of rotatable bonds is 6. The van der Waals surface area contributed by atoms with E-state index in [9.17, 15) is 4.79 Å². The number of pyridine rings is 1. The first-order valence-electron chi connectivity index (χ1n) is 6.88.